The van der Waals surface area contributed by atoms with Gasteiger partial charge >= 0.3 is 0 Å². The minimum Gasteiger partial charge on any atom is -0.388 e. The smallest absolute Gasteiger partial charge is 0.193 e. The van der Waals surface area contributed by atoms with Gasteiger partial charge in [-0.1, -0.05) is 19.9 Å². The van der Waals surface area contributed by atoms with Gasteiger partial charge in [0.2, 0.25) is 0 Å². The zero-order valence-corrected chi connectivity index (χ0v) is 18.1. The fourth-order valence-electron chi connectivity index (χ4n) is 7.92. The number of aliphatic hydroxyl groups excluding tert-OH is 1. The first-order chi connectivity index (χ1) is 14.0. The van der Waals surface area contributed by atoms with Crippen LogP contribution in [0.25, 0.3) is 0 Å². The summed E-state index contributed by atoms with van der Waals surface area (Å²) in [6, 6.07) is 0. The molecule has 1 aliphatic heterocycles. The largest absolute Gasteiger partial charge is 0.388 e. The molecule has 5 nitrogen and oxygen atoms in total. The van der Waals surface area contributed by atoms with E-state index in [1.54, 1.807) is 6.08 Å². The van der Waals surface area contributed by atoms with Crippen LogP contribution in [0.2, 0.25) is 0 Å². The van der Waals surface area contributed by atoms with Crippen molar-refractivity contribution in [3.63, 3.8) is 0 Å². The van der Waals surface area contributed by atoms with Crippen molar-refractivity contribution in [2.75, 3.05) is 6.61 Å². The molecule has 0 radical (unpaired) electrons. The zero-order chi connectivity index (χ0) is 21.7. The van der Waals surface area contributed by atoms with Crippen molar-refractivity contribution in [3.05, 3.63) is 23.8 Å². The Labute approximate surface area is 176 Å². The maximum absolute atomic E-state index is 15.4. The van der Waals surface area contributed by atoms with Crippen LogP contribution in [0.3, 0.4) is 0 Å². The SMILES string of the molecule is CC1(C)OC2CC3C4CC(F)C5=CC(=O)C=CC5(C)C4CCC3(C)C2(C(=O)CO)O1. The number of hydrogen-bond donors (Lipinski definition) is 1. The Morgan fingerprint density at radius 2 is 1.97 bits per heavy atom. The molecule has 8 atom stereocenters. The first kappa shape index (κ1) is 20.5. The highest BCUT2D eigenvalue weighted by atomic mass is 19.1. The molecule has 1 heterocycles. The number of hydrogen-bond acceptors (Lipinski definition) is 5. The third kappa shape index (κ3) is 2.33. The highest BCUT2D eigenvalue weighted by molar-refractivity contribution is 6.01. The molecular weight excluding hydrogens is 387 g/mol. The Hall–Kier alpha value is -1.37. The third-order valence-electron chi connectivity index (χ3n) is 9.09. The lowest BCUT2D eigenvalue weighted by atomic mass is 9.46. The van der Waals surface area contributed by atoms with Gasteiger partial charge in [0.05, 0.1) is 6.10 Å². The number of carbonyl (C=O) groups is 2. The number of ether oxygens (including phenoxy) is 2. The van der Waals surface area contributed by atoms with E-state index in [1.807, 2.05) is 26.8 Å². The molecule has 0 aromatic rings. The molecule has 0 aromatic carbocycles. The molecule has 6 heteroatoms. The van der Waals surface area contributed by atoms with Crippen LogP contribution in [0.15, 0.2) is 23.8 Å². The average molecular weight is 419 g/mol. The number of fused-ring (bicyclic) bond motifs is 7. The van der Waals surface area contributed by atoms with Gasteiger partial charge in [0.1, 0.15) is 12.8 Å². The second-order valence-corrected chi connectivity index (χ2v) is 10.8. The number of rotatable bonds is 2. The summed E-state index contributed by atoms with van der Waals surface area (Å²) in [6.45, 7) is 7.15. The normalized spacial score (nSPS) is 50.9. The van der Waals surface area contributed by atoms with Gasteiger partial charge in [-0.2, -0.15) is 0 Å². The van der Waals surface area contributed by atoms with Crippen LogP contribution in [0.1, 0.15) is 53.4 Å². The van der Waals surface area contributed by atoms with Gasteiger partial charge in [-0.25, -0.2) is 4.39 Å². The number of aliphatic hydroxyl groups is 1. The molecule has 0 amide bonds. The van der Waals surface area contributed by atoms with Crippen LogP contribution in [-0.4, -0.2) is 46.9 Å². The predicted molar refractivity (Wildman–Crippen MR) is 107 cm³/mol. The zero-order valence-electron chi connectivity index (χ0n) is 18.1. The second-order valence-electron chi connectivity index (χ2n) is 10.8. The topological polar surface area (TPSA) is 72.8 Å². The van der Waals surface area contributed by atoms with Gasteiger partial charge in [-0.05, 0) is 75.0 Å². The van der Waals surface area contributed by atoms with Crippen molar-refractivity contribution in [3.8, 4) is 0 Å². The Morgan fingerprint density at radius 3 is 2.67 bits per heavy atom. The lowest BCUT2D eigenvalue weighted by molar-refractivity contribution is -0.215. The van der Waals surface area contributed by atoms with Crippen molar-refractivity contribution in [1.29, 1.82) is 0 Å². The standard InChI is InChI=1S/C24H31FO5/c1-21(2)29-20-11-16-14-10-18(25)17-9-13(27)5-7-22(17,3)15(14)6-8-23(16,4)24(20,30-21)19(28)12-26/h5,7,9,14-16,18,20,26H,6,8,10-12H2,1-4H3. The van der Waals surface area contributed by atoms with Gasteiger partial charge < -0.3 is 14.6 Å². The van der Waals surface area contributed by atoms with E-state index in [9.17, 15) is 14.7 Å². The molecule has 4 aliphatic carbocycles. The van der Waals surface area contributed by atoms with E-state index in [4.69, 9.17) is 9.47 Å². The van der Waals surface area contributed by atoms with Crippen molar-refractivity contribution in [2.24, 2.45) is 28.6 Å². The fourth-order valence-corrected chi connectivity index (χ4v) is 7.92. The minimum atomic E-state index is -1.19. The third-order valence-corrected chi connectivity index (χ3v) is 9.09. The van der Waals surface area contributed by atoms with Crippen molar-refractivity contribution >= 4 is 11.6 Å². The van der Waals surface area contributed by atoms with Crippen LogP contribution < -0.4 is 0 Å². The lowest BCUT2D eigenvalue weighted by Crippen LogP contribution is -2.61. The average Bonchev–Trinajstić information content (AvgIpc) is 3.09. The number of carbonyl (C=O) groups excluding carboxylic acids is 2. The van der Waals surface area contributed by atoms with E-state index in [0.717, 1.165) is 12.8 Å². The molecule has 0 spiro atoms. The number of allylic oxidation sites excluding steroid dienone is 4. The van der Waals surface area contributed by atoms with Crippen molar-refractivity contribution in [1.82, 2.24) is 0 Å². The maximum Gasteiger partial charge on any atom is 0.193 e. The van der Waals surface area contributed by atoms with Crippen LogP contribution in [0, 0.1) is 28.6 Å². The van der Waals surface area contributed by atoms with Gasteiger partial charge in [-0.3, -0.25) is 9.59 Å². The van der Waals surface area contributed by atoms with E-state index in [-0.39, 0.29) is 29.3 Å². The number of halogens is 1. The molecule has 3 saturated carbocycles. The Morgan fingerprint density at radius 1 is 1.23 bits per heavy atom. The van der Waals surface area contributed by atoms with E-state index < -0.39 is 41.1 Å². The lowest BCUT2D eigenvalue weighted by Gasteiger charge is -2.58. The summed E-state index contributed by atoms with van der Waals surface area (Å²) in [7, 11) is 0. The van der Waals surface area contributed by atoms with Crippen LogP contribution in [0.4, 0.5) is 4.39 Å². The summed E-state index contributed by atoms with van der Waals surface area (Å²) in [6.07, 6.45) is 5.88. The summed E-state index contributed by atoms with van der Waals surface area (Å²) in [5, 5.41) is 9.81. The van der Waals surface area contributed by atoms with Gasteiger partial charge in [0.15, 0.2) is 23.0 Å². The Kier molecular flexibility index (Phi) is 4.18. The number of alkyl halides is 1. The highest BCUT2D eigenvalue weighted by Crippen LogP contribution is 2.70. The first-order valence-electron chi connectivity index (χ1n) is 11.1. The molecule has 5 rings (SSSR count). The van der Waals surface area contributed by atoms with Gasteiger partial charge in [0, 0.05) is 10.8 Å². The van der Waals surface area contributed by atoms with E-state index in [2.05, 4.69) is 6.92 Å². The van der Waals surface area contributed by atoms with Crippen LogP contribution >= 0.6 is 0 Å². The van der Waals surface area contributed by atoms with Gasteiger partial charge in [0.25, 0.3) is 0 Å². The molecule has 5 aliphatic rings. The summed E-state index contributed by atoms with van der Waals surface area (Å²) in [5.74, 6) is -1.06. The van der Waals surface area contributed by atoms with Crippen LogP contribution in [0.5, 0.6) is 0 Å². The first-order valence-corrected chi connectivity index (χ1v) is 11.1. The predicted octanol–water partition coefficient (Wildman–Crippen LogP) is 3.30. The number of ketones is 2. The Bertz CT molecular complexity index is 877. The minimum absolute atomic E-state index is 0.0514. The maximum atomic E-state index is 15.4. The molecule has 164 valence electrons. The summed E-state index contributed by atoms with van der Waals surface area (Å²) in [4.78, 5) is 25.0. The van der Waals surface area contributed by atoms with E-state index >= 15 is 4.39 Å². The molecule has 0 bridgehead atoms. The summed E-state index contributed by atoms with van der Waals surface area (Å²) < 4.78 is 27.9. The molecule has 1 saturated heterocycles. The van der Waals surface area contributed by atoms with Crippen LogP contribution in [-0.2, 0) is 19.1 Å². The highest BCUT2D eigenvalue weighted by Gasteiger charge is 2.75. The molecule has 8 unspecified atom stereocenters. The molecule has 1 N–H and O–H groups in total. The molecule has 4 fully saturated rings. The molecular formula is C24H31FO5. The van der Waals surface area contributed by atoms with E-state index in [1.165, 1.54) is 6.08 Å². The monoisotopic (exact) mass is 418 g/mol. The van der Waals surface area contributed by atoms with Crippen molar-refractivity contribution in [2.45, 2.75) is 77.0 Å². The fraction of sp³-hybridized carbons (Fsp3) is 0.750. The summed E-state index contributed by atoms with van der Waals surface area (Å²) in [5.41, 5.74) is -1.60. The summed E-state index contributed by atoms with van der Waals surface area (Å²) >= 11 is 0. The molecule has 0 aromatic heterocycles. The number of Topliss-reactive ketones (excluding diaryl/α,β-unsaturated/α-hetero) is 1. The van der Waals surface area contributed by atoms with Crippen molar-refractivity contribution < 1.29 is 28.6 Å². The van der Waals surface area contributed by atoms with Gasteiger partial charge in [-0.15, -0.1) is 0 Å². The second kappa shape index (κ2) is 6.11. The molecule has 30 heavy (non-hydrogen) atoms. The van der Waals surface area contributed by atoms with E-state index in [0.29, 0.717) is 18.4 Å². The Balaban J connectivity index is 1.57. The quantitative estimate of drug-likeness (QED) is 0.745.